The fourth-order valence-electron chi connectivity index (χ4n) is 4.73. The summed E-state index contributed by atoms with van der Waals surface area (Å²) in [4.78, 5) is 54.4. The normalized spacial score (nSPS) is 15.6. The van der Waals surface area contributed by atoms with Crippen LogP contribution in [0.4, 0.5) is 5.69 Å². The number of ether oxygens (including phenoxy) is 1. The number of carbonyl (C=O) groups is 2. The Bertz CT molecular complexity index is 1820. The number of benzene rings is 2. The molecule has 0 bridgehead atoms. The van der Waals surface area contributed by atoms with E-state index in [0.717, 1.165) is 16.9 Å². The predicted octanol–water partition coefficient (Wildman–Crippen LogP) is 4.35. The second kappa shape index (κ2) is 11.8. The van der Waals surface area contributed by atoms with E-state index < -0.39 is 6.04 Å². The third-order valence-electron chi connectivity index (χ3n) is 6.87. The molecule has 0 spiro atoms. The molecular formula is C30H25ClN6O4S. The van der Waals surface area contributed by atoms with Crippen molar-refractivity contribution in [3.8, 4) is 5.75 Å². The molecule has 12 heteroatoms. The minimum absolute atomic E-state index is 0.146. The molecule has 0 saturated heterocycles. The number of hydrogen-bond donors (Lipinski definition) is 1. The van der Waals surface area contributed by atoms with Crippen LogP contribution >= 0.6 is 23.4 Å². The van der Waals surface area contributed by atoms with E-state index >= 15 is 0 Å². The summed E-state index contributed by atoms with van der Waals surface area (Å²) in [5.74, 6) is 1.16. The van der Waals surface area contributed by atoms with Gasteiger partial charge in [0.25, 0.3) is 11.5 Å². The van der Waals surface area contributed by atoms with Crippen LogP contribution in [0.5, 0.6) is 5.75 Å². The van der Waals surface area contributed by atoms with Crippen molar-refractivity contribution in [2.75, 3.05) is 7.11 Å². The Balaban J connectivity index is 1.15. The fourth-order valence-corrected chi connectivity index (χ4v) is 5.78. The third-order valence-corrected chi connectivity index (χ3v) is 8.06. The number of para-hydroxylation sites is 1. The Labute approximate surface area is 250 Å². The van der Waals surface area contributed by atoms with Gasteiger partial charge in [-0.05, 0) is 48.4 Å². The number of aromatic nitrogens is 2. The summed E-state index contributed by atoms with van der Waals surface area (Å²) in [6.07, 6.45) is 1.93. The van der Waals surface area contributed by atoms with Crippen LogP contribution in [0.1, 0.15) is 29.7 Å². The highest BCUT2D eigenvalue weighted by Gasteiger charge is 2.41. The molecule has 1 atom stereocenters. The van der Waals surface area contributed by atoms with Gasteiger partial charge in [-0.15, -0.1) is 0 Å². The summed E-state index contributed by atoms with van der Waals surface area (Å²) in [7, 11) is 1.60. The largest absolute Gasteiger partial charge is 0.497 e. The number of nitrogens with one attached hydrogen (secondary N) is 1. The van der Waals surface area contributed by atoms with Gasteiger partial charge in [0.1, 0.15) is 23.3 Å². The zero-order valence-electron chi connectivity index (χ0n) is 22.5. The Morgan fingerprint density at radius 3 is 2.71 bits per heavy atom. The first-order chi connectivity index (χ1) is 20.4. The number of amides is 2. The van der Waals surface area contributed by atoms with Crippen molar-refractivity contribution in [1.82, 2.24) is 19.6 Å². The van der Waals surface area contributed by atoms with Crippen LogP contribution in [-0.4, -0.2) is 50.3 Å². The van der Waals surface area contributed by atoms with Crippen LogP contribution in [0, 0.1) is 0 Å². The van der Waals surface area contributed by atoms with E-state index in [2.05, 4.69) is 10.3 Å². The lowest BCUT2D eigenvalue weighted by atomic mass is 10.1. The molecule has 0 saturated carbocycles. The Hall–Kier alpha value is -4.48. The lowest BCUT2D eigenvalue weighted by Gasteiger charge is -2.25. The summed E-state index contributed by atoms with van der Waals surface area (Å²) < 4.78 is 6.55. The molecule has 4 aromatic rings. The highest BCUT2D eigenvalue weighted by atomic mass is 35.5. The van der Waals surface area contributed by atoms with Crippen LogP contribution in [-0.2, 0) is 21.9 Å². The smallest absolute Gasteiger partial charge is 0.259 e. The molecular weight excluding hydrogens is 576 g/mol. The molecule has 212 valence electrons. The second-order valence-electron chi connectivity index (χ2n) is 9.67. The van der Waals surface area contributed by atoms with Gasteiger partial charge in [-0.1, -0.05) is 47.6 Å². The lowest BCUT2D eigenvalue weighted by molar-refractivity contribution is -0.125. The van der Waals surface area contributed by atoms with E-state index in [9.17, 15) is 14.4 Å². The topological polar surface area (TPSA) is 118 Å². The van der Waals surface area contributed by atoms with E-state index in [4.69, 9.17) is 26.3 Å². The van der Waals surface area contributed by atoms with Gasteiger partial charge in [0.15, 0.2) is 5.17 Å². The quantitative estimate of drug-likeness (QED) is 0.321. The van der Waals surface area contributed by atoms with E-state index in [1.54, 1.807) is 19.2 Å². The maximum atomic E-state index is 13.6. The molecule has 42 heavy (non-hydrogen) atoms. The standard InChI is InChI=1S/C30H25ClN6O4S/c1-41-21-9-6-18(7-10-21)15-32-26(38)13-11-24-29(40)37-28(34-24)22-4-2-3-5-23(22)35-30(37)42-17-20-14-27(39)36-16-19(31)8-12-25(36)33-20/h2-10,12,14,16,24H,11,13,15,17H2,1H3,(H,32,38)/t24-/m1/s1. The maximum absolute atomic E-state index is 13.6. The molecule has 2 amide bonds. The zero-order valence-corrected chi connectivity index (χ0v) is 24.1. The Morgan fingerprint density at radius 1 is 1.10 bits per heavy atom. The predicted molar refractivity (Wildman–Crippen MR) is 163 cm³/mol. The number of carbonyl (C=O) groups excluding carboxylic acids is 2. The molecule has 4 heterocycles. The number of aliphatic imine (C=N–C) groups is 2. The van der Waals surface area contributed by atoms with Crippen molar-refractivity contribution in [3.63, 3.8) is 0 Å². The molecule has 2 aliphatic rings. The van der Waals surface area contributed by atoms with Gasteiger partial charge < -0.3 is 10.1 Å². The SMILES string of the molecule is COc1ccc(CNC(=O)CC[C@H]2N=C3c4ccccc4N=C(SCc4cc(=O)n5cc(Cl)ccc5n4)N3C2=O)cc1. The van der Waals surface area contributed by atoms with Crippen LogP contribution in [0.25, 0.3) is 5.65 Å². The highest BCUT2D eigenvalue weighted by molar-refractivity contribution is 8.13. The van der Waals surface area contributed by atoms with Crippen LogP contribution < -0.4 is 15.6 Å². The summed E-state index contributed by atoms with van der Waals surface area (Å²) in [5.41, 5.74) is 3.16. The number of nitrogens with zero attached hydrogens (tertiary/aromatic N) is 5. The summed E-state index contributed by atoms with van der Waals surface area (Å²) in [5, 5.41) is 3.78. The van der Waals surface area contributed by atoms with E-state index in [1.807, 2.05) is 48.5 Å². The fraction of sp³-hybridized carbons (Fsp3) is 0.200. The molecule has 0 fully saturated rings. The second-order valence-corrected chi connectivity index (χ2v) is 11.0. The number of halogens is 1. The summed E-state index contributed by atoms with van der Waals surface area (Å²) >= 11 is 7.32. The van der Waals surface area contributed by atoms with Crippen molar-refractivity contribution in [2.24, 2.45) is 9.98 Å². The van der Waals surface area contributed by atoms with Gasteiger partial charge >= 0.3 is 0 Å². The van der Waals surface area contributed by atoms with Crippen LogP contribution in [0.15, 0.2) is 87.7 Å². The Morgan fingerprint density at radius 2 is 1.90 bits per heavy atom. The van der Waals surface area contributed by atoms with Crippen LogP contribution in [0.2, 0.25) is 5.02 Å². The number of rotatable bonds is 8. The zero-order chi connectivity index (χ0) is 29.2. The molecule has 0 radical (unpaired) electrons. The van der Waals surface area contributed by atoms with Crippen molar-refractivity contribution in [2.45, 2.75) is 31.2 Å². The van der Waals surface area contributed by atoms with Crippen molar-refractivity contribution < 1.29 is 14.3 Å². The number of fused-ring (bicyclic) bond motifs is 4. The van der Waals surface area contributed by atoms with Gasteiger partial charge in [0.2, 0.25) is 5.91 Å². The molecule has 6 rings (SSSR count). The number of hydrogen-bond acceptors (Lipinski definition) is 8. The van der Waals surface area contributed by atoms with Crippen LogP contribution in [0.3, 0.4) is 0 Å². The molecule has 2 aromatic heterocycles. The van der Waals surface area contributed by atoms with Gasteiger partial charge in [0.05, 0.1) is 23.5 Å². The van der Waals surface area contributed by atoms with E-state index in [1.165, 1.54) is 33.3 Å². The first kappa shape index (κ1) is 27.7. The number of pyridine rings is 1. The third kappa shape index (κ3) is 5.65. The van der Waals surface area contributed by atoms with Crippen molar-refractivity contribution in [1.29, 1.82) is 0 Å². The minimum Gasteiger partial charge on any atom is -0.497 e. The number of amidine groups is 2. The average Bonchev–Trinajstić information content (AvgIpc) is 3.34. The van der Waals surface area contributed by atoms with Crippen molar-refractivity contribution >= 4 is 57.5 Å². The minimum atomic E-state index is -0.711. The maximum Gasteiger partial charge on any atom is 0.259 e. The highest BCUT2D eigenvalue weighted by Crippen LogP contribution is 2.35. The molecule has 2 aromatic carbocycles. The lowest BCUT2D eigenvalue weighted by Crippen LogP contribution is -2.41. The van der Waals surface area contributed by atoms with E-state index in [-0.39, 0.29) is 30.2 Å². The van der Waals surface area contributed by atoms with Gasteiger partial charge in [-0.2, -0.15) is 0 Å². The summed E-state index contributed by atoms with van der Waals surface area (Å²) in [6.45, 7) is 0.377. The monoisotopic (exact) mass is 600 g/mol. The van der Waals surface area contributed by atoms with E-state index in [0.29, 0.717) is 45.4 Å². The molecule has 0 aliphatic carbocycles. The molecule has 2 aliphatic heterocycles. The van der Waals surface area contributed by atoms with Crippen molar-refractivity contribution in [3.05, 3.63) is 105 Å². The first-order valence-corrected chi connectivity index (χ1v) is 14.6. The van der Waals surface area contributed by atoms with Gasteiger partial charge in [-0.25, -0.2) is 14.9 Å². The molecule has 10 nitrogen and oxygen atoms in total. The average molecular weight is 601 g/mol. The molecule has 0 unspecified atom stereocenters. The first-order valence-electron chi connectivity index (χ1n) is 13.2. The Kier molecular flexibility index (Phi) is 7.77. The van der Waals surface area contributed by atoms with Gasteiger partial charge in [-0.3, -0.25) is 23.8 Å². The molecule has 1 N–H and O–H groups in total. The number of methoxy groups -OCH3 is 1. The number of thioether (sulfide) groups is 1. The van der Waals surface area contributed by atoms with Gasteiger partial charge in [0, 0.05) is 36.5 Å². The summed E-state index contributed by atoms with van der Waals surface area (Å²) in [6, 6.07) is 19.0.